The summed E-state index contributed by atoms with van der Waals surface area (Å²) in [6.45, 7) is 8.82. The maximum atomic E-state index is 13.6. The summed E-state index contributed by atoms with van der Waals surface area (Å²) in [4.78, 5) is 19.6. The molecule has 3 aliphatic carbocycles. The minimum absolute atomic E-state index is 0.108. The molecule has 1 aliphatic heterocycles. The number of rotatable bonds is 6. The van der Waals surface area contributed by atoms with Gasteiger partial charge in [0.15, 0.2) is 0 Å². The van der Waals surface area contributed by atoms with E-state index >= 15 is 0 Å². The Morgan fingerprint density at radius 1 is 1.39 bits per heavy atom. The van der Waals surface area contributed by atoms with Gasteiger partial charge >= 0.3 is 0 Å². The van der Waals surface area contributed by atoms with Gasteiger partial charge in [-0.3, -0.25) is 9.63 Å². The second-order valence-corrected chi connectivity index (χ2v) is 11.6. The second kappa shape index (κ2) is 8.89. The first-order chi connectivity index (χ1) is 14.6. The summed E-state index contributed by atoms with van der Waals surface area (Å²) in [5.74, 6) is 1.12. The quantitative estimate of drug-likeness (QED) is 0.482. The predicted octanol–water partition coefficient (Wildman–Crippen LogP) is 2.95. The zero-order chi connectivity index (χ0) is 22.5. The number of hydrogen-bond acceptors (Lipinski definition) is 5. The van der Waals surface area contributed by atoms with Crippen LogP contribution in [0.3, 0.4) is 0 Å². The van der Waals surface area contributed by atoms with Gasteiger partial charge in [0.05, 0.1) is 19.3 Å². The topological polar surface area (TPSA) is 82.0 Å². The van der Waals surface area contributed by atoms with Crippen molar-refractivity contribution in [2.24, 2.45) is 29.1 Å². The number of hydroxylamine groups is 2. The number of aliphatic hydroxyl groups excluding tert-OH is 2. The first-order valence-corrected chi connectivity index (χ1v) is 12.5. The molecule has 6 nitrogen and oxygen atoms in total. The number of nitrogens with zero attached hydrogens (tertiary/aromatic N) is 1. The molecule has 2 bridgehead atoms. The van der Waals surface area contributed by atoms with Crippen LogP contribution in [0.15, 0.2) is 24.3 Å². The van der Waals surface area contributed by atoms with Crippen LogP contribution >= 0.6 is 22.6 Å². The molecule has 31 heavy (non-hydrogen) atoms. The lowest BCUT2D eigenvalue weighted by atomic mass is 9.45. The second-order valence-electron chi connectivity index (χ2n) is 10.4. The van der Waals surface area contributed by atoms with Crippen molar-refractivity contribution in [2.45, 2.75) is 71.4 Å². The first-order valence-electron chi connectivity index (χ1n) is 11.4. The Hall–Kier alpha value is -0.740. The van der Waals surface area contributed by atoms with Crippen molar-refractivity contribution in [3.8, 4) is 0 Å². The van der Waals surface area contributed by atoms with Crippen LogP contribution in [0.4, 0.5) is 0 Å². The van der Waals surface area contributed by atoms with Gasteiger partial charge in [-0.05, 0) is 83.2 Å². The van der Waals surface area contributed by atoms with Crippen LogP contribution in [-0.4, -0.2) is 52.1 Å². The molecule has 0 aromatic heterocycles. The molecule has 1 aromatic rings. The fraction of sp³-hybridized carbons (Fsp3) is 0.708. The molecule has 1 heterocycles. The van der Waals surface area contributed by atoms with E-state index in [2.05, 4.69) is 54.7 Å². The molecule has 1 saturated heterocycles. The highest BCUT2D eigenvalue weighted by molar-refractivity contribution is 14.1. The number of aliphatic hydroxyl groups is 2. The number of amides is 1. The zero-order valence-corrected chi connectivity index (χ0v) is 21.0. The Balaban J connectivity index is 1.53. The summed E-state index contributed by atoms with van der Waals surface area (Å²) in [6.07, 6.45) is 0.887. The fourth-order valence-corrected chi connectivity index (χ4v) is 6.91. The smallest absolute Gasteiger partial charge is 0.240 e. The summed E-state index contributed by atoms with van der Waals surface area (Å²) < 4.78 is 1.11. The third kappa shape index (κ3) is 4.28. The van der Waals surface area contributed by atoms with Crippen molar-refractivity contribution >= 4 is 28.5 Å². The molecule has 5 rings (SSSR count). The Labute approximate surface area is 198 Å². The van der Waals surface area contributed by atoms with Gasteiger partial charge < -0.3 is 15.5 Å². The lowest BCUT2D eigenvalue weighted by Crippen LogP contribution is -2.62. The Bertz CT molecular complexity index is 817. The monoisotopic (exact) mass is 542 g/mol. The predicted molar refractivity (Wildman–Crippen MR) is 127 cm³/mol. The lowest BCUT2D eigenvalue weighted by molar-refractivity contribution is -0.183. The maximum absolute atomic E-state index is 13.6. The van der Waals surface area contributed by atoms with Crippen LogP contribution in [0.5, 0.6) is 0 Å². The van der Waals surface area contributed by atoms with E-state index in [0.717, 1.165) is 15.6 Å². The third-order valence-electron chi connectivity index (χ3n) is 8.29. The molecule has 0 radical (unpaired) electrons. The van der Waals surface area contributed by atoms with E-state index in [1.807, 2.05) is 18.2 Å². The molecule has 3 N–H and O–H groups in total. The van der Waals surface area contributed by atoms with Gasteiger partial charge in [-0.2, -0.15) is 5.06 Å². The Morgan fingerprint density at radius 3 is 2.71 bits per heavy atom. The highest BCUT2D eigenvalue weighted by atomic mass is 127. The fourth-order valence-electron chi connectivity index (χ4n) is 6.30. The number of benzene rings is 1. The van der Waals surface area contributed by atoms with E-state index in [-0.39, 0.29) is 18.6 Å². The Kier molecular flexibility index (Phi) is 6.72. The van der Waals surface area contributed by atoms with Gasteiger partial charge in [-0.1, -0.05) is 32.9 Å². The number of carbonyl (C=O) groups is 1. The molecular formula is C24H35IN2O4. The van der Waals surface area contributed by atoms with Crippen molar-refractivity contribution in [3.63, 3.8) is 0 Å². The average Bonchev–Trinajstić information content (AvgIpc) is 3.07. The summed E-state index contributed by atoms with van der Waals surface area (Å²) >= 11 is 2.27. The van der Waals surface area contributed by atoms with Gasteiger partial charge in [0.25, 0.3) is 0 Å². The number of fused-ring (bicyclic) bond motifs is 2. The molecule has 0 spiro atoms. The minimum atomic E-state index is -0.773. The van der Waals surface area contributed by atoms with Gasteiger partial charge in [-0.25, -0.2) is 0 Å². The zero-order valence-electron chi connectivity index (χ0n) is 18.8. The molecule has 4 aliphatic rings. The highest BCUT2D eigenvalue weighted by Gasteiger charge is 2.57. The van der Waals surface area contributed by atoms with Crippen LogP contribution in [-0.2, 0) is 16.2 Å². The van der Waals surface area contributed by atoms with Crippen molar-refractivity contribution in [1.82, 2.24) is 10.4 Å². The molecular weight excluding hydrogens is 507 g/mol. The van der Waals surface area contributed by atoms with Gasteiger partial charge in [0, 0.05) is 15.5 Å². The van der Waals surface area contributed by atoms with E-state index in [9.17, 15) is 15.0 Å². The maximum Gasteiger partial charge on any atom is 0.240 e. The molecule has 1 amide bonds. The van der Waals surface area contributed by atoms with Crippen LogP contribution < -0.4 is 5.32 Å². The summed E-state index contributed by atoms with van der Waals surface area (Å²) in [5.41, 5.74) is 1.39. The van der Waals surface area contributed by atoms with Crippen molar-refractivity contribution in [3.05, 3.63) is 33.4 Å². The lowest BCUT2D eigenvalue weighted by Gasteiger charge is -2.62. The Morgan fingerprint density at radius 2 is 2.13 bits per heavy atom. The van der Waals surface area contributed by atoms with Crippen molar-refractivity contribution in [1.29, 1.82) is 0 Å². The number of nitrogens with one attached hydrogen (secondary N) is 1. The van der Waals surface area contributed by atoms with Gasteiger partial charge in [-0.15, -0.1) is 0 Å². The van der Waals surface area contributed by atoms with Gasteiger partial charge in [0.2, 0.25) is 5.91 Å². The minimum Gasteiger partial charge on any atom is -0.394 e. The van der Waals surface area contributed by atoms with Crippen LogP contribution in [0.2, 0.25) is 0 Å². The number of hydrogen-bond donors (Lipinski definition) is 3. The van der Waals surface area contributed by atoms with E-state index in [0.29, 0.717) is 29.7 Å². The van der Waals surface area contributed by atoms with Crippen LogP contribution in [0.25, 0.3) is 0 Å². The summed E-state index contributed by atoms with van der Waals surface area (Å²) in [7, 11) is 0. The highest BCUT2D eigenvalue weighted by Crippen LogP contribution is 2.61. The van der Waals surface area contributed by atoms with Crippen LogP contribution in [0.1, 0.15) is 46.1 Å². The summed E-state index contributed by atoms with van der Waals surface area (Å²) in [5, 5.41) is 25.3. The number of carbonyl (C=O) groups excluding carboxylic acids is 1. The van der Waals surface area contributed by atoms with E-state index in [4.69, 9.17) is 4.84 Å². The number of halogens is 1. The first kappa shape index (κ1) is 23.4. The van der Waals surface area contributed by atoms with Crippen molar-refractivity contribution < 1.29 is 19.8 Å². The molecule has 4 fully saturated rings. The van der Waals surface area contributed by atoms with Crippen molar-refractivity contribution in [2.75, 3.05) is 6.61 Å². The summed E-state index contributed by atoms with van der Waals surface area (Å²) in [6, 6.07) is 7.56. The third-order valence-corrected chi connectivity index (χ3v) is 8.96. The standard InChI is InChI=1S/C24H35IN2O4/c1-13-18-9-16(24(18,3)4)10-19(13)26-23(30)22-21(14(2)29)20(12-28)31-27(22)11-15-6-5-7-17(25)8-15/h5-8,13-14,16,18-22,28-29H,9-12H2,1-4H3,(H,26,30)/t13-,14-,16-,18?,19?,20-,21+,22-/m0/s1. The molecule has 3 saturated carbocycles. The van der Waals surface area contributed by atoms with Gasteiger partial charge in [0.1, 0.15) is 12.1 Å². The molecule has 172 valence electrons. The molecule has 2 unspecified atom stereocenters. The van der Waals surface area contributed by atoms with E-state index in [1.54, 1.807) is 12.0 Å². The van der Waals surface area contributed by atoms with Crippen LogP contribution in [0, 0.1) is 32.7 Å². The normalized spacial score (nSPS) is 37.8. The average molecular weight is 542 g/mol. The SMILES string of the molecule is C[C@@H]1C(NC(=O)[C@@H]2[C@H]([C@H](C)O)[C@H](CO)ON2Cc2cccc(I)c2)C[C@@H]2CC1C2(C)C. The van der Waals surface area contributed by atoms with E-state index in [1.165, 1.54) is 6.42 Å². The molecule has 1 aromatic carbocycles. The largest absolute Gasteiger partial charge is 0.394 e. The molecule has 8 atom stereocenters. The van der Waals surface area contributed by atoms with E-state index < -0.39 is 24.2 Å². The molecule has 7 heteroatoms.